The van der Waals surface area contributed by atoms with Crippen LogP contribution in [0.2, 0.25) is 0 Å². The van der Waals surface area contributed by atoms with E-state index in [0.29, 0.717) is 5.71 Å². The Morgan fingerprint density at radius 2 is 1.75 bits per heavy atom. The number of benzene rings is 2. The maximum absolute atomic E-state index is 11.9. The highest BCUT2D eigenvalue weighted by molar-refractivity contribution is 6.01. The average Bonchev–Trinajstić information content (AvgIpc) is 2.59. The molecule has 0 aliphatic carbocycles. The number of hydrogen-bond donors (Lipinski definition) is 2. The zero-order chi connectivity index (χ0) is 17.5. The molecule has 0 spiro atoms. The molecule has 2 rings (SSSR count). The van der Waals surface area contributed by atoms with Crippen LogP contribution < -0.4 is 15.5 Å². The quantitative estimate of drug-likeness (QED) is 0.633. The predicted octanol–water partition coefficient (Wildman–Crippen LogP) is 3.26. The molecule has 0 atom stereocenters. The molecule has 1 amide bonds. The van der Waals surface area contributed by atoms with E-state index in [9.17, 15) is 4.79 Å². The van der Waals surface area contributed by atoms with E-state index in [1.165, 1.54) is 5.56 Å². The molecule has 0 aliphatic rings. The number of hydrazone groups is 1. The number of hydrogen-bond acceptors (Lipinski definition) is 4. The molecule has 0 fully saturated rings. The standard InChI is InChI=1S/C19H23N3O2/c1-13-5-8-16(9-6-13)20-12-19(23)22-21-15(3)17-11-14(2)7-10-18(17)24-4/h5-11,20H,12H2,1-4H3,(H,22,23)/b21-15-. The molecule has 24 heavy (non-hydrogen) atoms. The molecule has 5 nitrogen and oxygen atoms in total. The first-order chi connectivity index (χ1) is 11.5. The van der Waals surface area contributed by atoms with Crippen LogP contribution in [0.3, 0.4) is 0 Å². The Bertz CT molecular complexity index is 737. The van der Waals surface area contributed by atoms with Gasteiger partial charge in [-0.3, -0.25) is 4.79 Å². The van der Waals surface area contributed by atoms with Gasteiger partial charge in [0.2, 0.25) is 0 Å². The molecule has 2 aromatic rings. The van der Waals surface area contributed by atoms with E-state index in [2.05, 4.69) is 15.8 Å². The van der Waals surface area contributed by atoms with Crippen molar-refractivity contribution < 1.29 is 9.53 Å². The Balaban J connectivity index is 1.95. The zero-order valence-corrected chi connectivity index (χ0v) is 14.5. The Morgan fingerprint density at radius 3 is 2.42 bits per heavy atom. The summed E-state index contributed by atoms with van der Waals surface area (Å²) >= 11 is 0. The summed E-state index contributed by atoms with van der Waals surface area (Å²) < 4.78 is 5.34. The van der Waals surface area contributed by atoms with Gasteiger partial charge in [0.15, 0.2) is 0 Å². The van der Waals surface area contributed by atoms with Crippen LogP contribution in [0.5, 0.6) is 5.75 Å². The molecular formula is C19H23N3O2. The number of carbonyl (C=O) groups is 1. The van der Waals surface area contributed by atoms with Crippen LogP contribution in [0.1, 0.15) is 23.6 Å². The van der Waals surface area contributed by atoms with Crippen molar-refractivity contribution in [3.63, 3.8) is 0 Å². The number of anilines is 1. The average molecular weight is 325 g/mol. The van der Waals surface area contributed by atoms with Crippen LogP contribution in [0.4, 0.5) is 5.69 Å². The lowest BCUT2D eigenvalue weighted by molar-refractivity contribution is -0.119. The van der Waals surface area contributed by atoms with E-state index in [4.69, 9.17) is 4.74 Å². The van der Waals surface area contributed by atoms with Crippen molar-refractivity contribution in [1.82, 2.24) is 5.43 Å². The number of rotatable bonds is 6. The van der Waals surface area contributed by atoms with Crippen LogP contribution in [0, 0.1) is 13.8 Å². The van der Waals surface area contributed by atoms with Crippen molar-refractivity contribution in [3.05, 3.63) is 59.2 Å². The van der Waals surface area contributed by atoms with E-state index in [1.54, 1.807) is 7.11 Å². The van der Waals surface area contributed by atoms with Gasteiger partial charge in [0.05, 0.1) is 19.4 Å². The highest BCUT2D eigenvalue weighted by Crippen LogP contribution is 2.20. The summed E-state index contributed by atoms with van der Waals surface area (Å²) in [5.41, 5.74) is 7.31. The largest absolute Gasteiger partial charge is 0.496 e. The summed E-state index contributed by atoms with van der Waals surface area (Å²) in [6.45, 7) is 6.02. The summed E-state index contributed by atoms with van der Waals surface area (Å²) in [5, 5.41) is 7.23. The summed E-state index contributed by atoms with van der Waals surface area (Å²) in [4.78, 5) is 11.9. The lowest BCUT2D eigenvalue weighted by Gasteiger charge is -2.10. The van der Waals surface area contributed by atoms with Crippen molar-refractivity contribution in [2.45, 2.75) is 20.8 Å². The number of ether oxygens (including phenoxy) is 1. The SMILES string of the molecule is COc1ccc(C)cc1/C(C)=N\NC(=O)CNc1ccc(C)cc1. The van der Waals surface area contributed by atoms with Gasteiger partial charge in [0.25, 0.3) is 5.91 Å². The fourth-order valence-electron chi connectivity index (χ4n) is 2.20. The maximum Gasteiger partial charge on any atom is 0.259 e. The van der Waals surface area contributed by atoms with Gasteiger partial charge in [-0.15, -0.1) is 0 Å². The molecule has 0 unspecified atom stereocenters. The Hall–Kier alpha value is -2.82. The van der Waals surface area contributed by atoms with Gasteiger partial charge in [0.1, 0.15) is 5.75 Å². The second kappa shape index (κ2) is 8.15. The summed E-state index contributed by atoms with van der Waals surface area (Å²) in [7, 11) is 1.62. The van der Waals surface area contributed by atoms with Gasteiger partial charge < -0.3 is 10.1 Å². The van der Waals surface area contributed by atoms with Crippen molar-refractivity contribution >= 4 is 17.3 Å². The van der Waals surface area contributed by atoms with Crippen molar-refractivity contribution in [2.75, 3.05) is 19.0 Å². The van der Waals surface area contributed by atoms with Gasteiger partial charge >= 0.3 is 0 Å². The smallest absolute Gasteiger partial charge is 0.259 e. The van der Waals surface area contributed by atoms with E-state index in [1.807, 2.05) is 63.2 Å². The molecule has 2 aromatic carbocycles. The number of carbonyl (C=O) groups excluding carboxylic acids is 1. The third-order valence-corrected chi connectivity index (χ3v) is 3.60. The molecule has 2 N–H and O–H groups in total. The minimum atomic E-state index is -0.207. The Kier molecular flexibility index (Phi) is 5.95. The molecule has 0 bridgehead atoms. The first-order valence-corrected chi connectivity index (χ1v) is 7.78. The maximum atomic E-state index is 11.9. The second-order valence-corrected chi connectivity index (χ2v) is 5.66. The van der Waals surface area contributed by atoms with Crippen LogP contribution in [-0.2, 0) is 4.79 Å². The molecule has 126 valence electrons. The lowest BCUT2D eigenvalue weighted by atomic mass is 10.1. The number of nitrogens with zero attached hydrogens (tertiary/aromatic N) is 1. The Morgan fingerprint density at radius 1 is 1.08 bits per heavy atom. The lowest BCUT2D eigenvalue weighted by Crippen LogP contribution is -2.26. The summed E-state index contributed by atoms with van der Waals surface area (Å²) in [6, 6.07) is 13.7. The molecule has 0 saturated heterocycles. The number of methoxy groups -OCH3 is 1. The van der Waals surface area contributed by atoms with Crippen molar-refractivity contribution in [2.24, 2.45) is 5.10 Å². The van der Waals surface area contributed by atoms with Gasteiger partial charge in [-0.2, -0.15) is 5.10 Å². The Labute approximate surface area is 142 Å². The fraction of sp³-hybridized carbons (Fsp3) is 0.263. The predicted molar refractivity (Wildman–Crippen MR) is 97.8 cm³/mol. The second-order valence-electron chi connectivity index (χ2n) is 5.66. The van der Waals surface area contributed by atoms with Gasteiger partial charge in [0, 0.05) is 11.3 Å². The minimum Gasteiger partial charge on any atom is -0.496 e. The third-order valence-electron chi connectivity index (χ3n) is 3.60. The topological polar surface area (TPSA) is 62.7 Å². The zero-order valence-electron chi connectivity index (χ0n) is 14.5. The molecular weight excluding hydrogens is 302 g/mol. The van der Waals surface area contributed by atoms with Crippen LogP contribution in [0.15, 0.2) is 47.6 Å². The monoisotopic (exact) mass is 325 g/mol. The molecule has 0 aromatic heterocycles. The van der Waals surface area contributed by atoms with E-state index >= 15 is 0 Å². The van der Waals surface area contributed by atoms with Crippen LogP contribution >= 0.6 is 0 Å². The molecule has 0 heterocycles. The van der Waals surface area contributed by atoms with Gasteiger partial charge in [-0.1, -0.05) is 29.3 Å². The van der Waals surface area contributed by atoms with Crippen molar-refractivity contribution in [3.8, 4) is 5.75 Å². The van der Waals surface area contributed by atoms with Crippen molar-refractivity contribution in [1.29, 1.82) is 0 Å². The van der Waals surface area contributed by atoms with E-state index in [0.717, 1.165) is 22.6 Å². The highest BCUT2D eigenvalue weighted by Gasteiger charge is 2.07. The van der Waals surface area contributed by atoms with Crippen LogP contribution in [0.25, 0.3) is 0 Å². The third kappa shape index (κ3) is 4.84. The number of nitrogens with one attached hydrogen (secondary N) is 2. The molecule has 5 heteroatoms. The molecule has 0 saturated carbocycles. The van der Waals surface area contributed by atoms with Crippen LogP contribution in [-0.4, -0.2) is 25.3 Å². The highest BCUT2D eigenvalue weighted by atomic mass is 16.5. The minimum absolute atomic E-state index is 0.158. The number of amides is 1. The fourth-order valence-corrected chi connectivity index (χ4v) is 2.20. The van der Waals surface area contributed by atoms with Gasteiger partial charge in [-0.05, 0) is 45.0 Å². The first kappa shape index (κ1) is 17.5. The normalized spacial score (nSPS) is 11.1. The summed E-state index contributed by atoms with van der Waals surface area (Å²) in [6.07, 6.45) is 0. The van der Waals surface area contributed by atoms with E-state index < -0.39 is 0 Å². The molecule has 0 radical (unpaired) electrons. The molecule has 0 aliphatic heterocycles. The first-order valence-electron chi connectivity index (χ1n) is 7.78. The van der Waals surface area contributed by atoms with Gasteiger partial charge in [-0.25, -0.2) is 5.43 Å². The summed E-state index contributed by atoms with van der Waals surface area (Å²) in [5.74, 6) is 0.524. The van der Waals surface area contributed by atoms with E-state index in [-0.39, 0.29) is 12.5 Å². The number of aryl methyl sites for hydroxylation is 2.